The van der Waals surface area contributed by atoms with Gasteiger partial charge in [0.25, 0.3) is 0 Å². The van der Waals surface area contributed by atoms with Crippen molar-refractivity contribution in [3.8, 4) is 0 Å². The van der Waals surface area contributed by atoms with Gasteiger partial charge in [0.1, 0.15) is 24.4 Å². The van der Waals surface area contributed by atoms with E-state index in [0.717, 1.165) is 12.8 Å². The average Bonchev–Trinajstić information content (AvgIpc) is 3.66. The van der Waals surface area contributed by atoms with E-state index in [1.807, 2.05) is 0 Å². The van der Waals surface area contributed by atoms with E-state index in [-0.39, 0.29) is 60.3 Å². The van der Waals surface area contributed by atoms with Gasteiger partial charge in [0.2, 0.25) is 0 Å². The Balaban J connectivity index is 1.05. The fourth-order valence-electron chi connectivity index (χ4n) is 9.85. The SMILES string of the molecule is O=C1OC2C3CC(CC13)C2OC(=O)C1C2CC(C1C(=O)OC1C3CC4C(=O)OC1C4C3)C(S(=O)(=O)[O-])C2. The van der Waals surface area contributed by atoms with Crippen molar-refractivity contribution in [2.24, 2.45) is 59.2 Å². The monoisotopic (exact) mass is 535 g/mol. The molecule has 0 spiro atoms. The molecule has 12 heteroatoms. The molecule has 0 aromatic rings. The lowest BCUT2D eigenvalue weighted by Gasteiger charge is -2.36. The van der Waals surface area contributed by atoms with Crippen LogP contribution in [0.4, 0.5) is 0 Å². The molecule has 0 radical (unpaired) electrons. The van der Waals surface area contributed by atoms with E-state index in [9.17, 15) is 32.1 Å². The molecule has 2 saturated heterocycles. The lowest BCUT2D eigenvalue weighted by Crippen LogP contribution is -2.47. The number of esters is 4. The smallest absolute Gasteiger partial charge is 0.310 e. The van der Waals surface area contributed by atoms with E-state index in [2.05, 4.69) is 0 Å². The van der Waals surface area contributed by atoms with Gasteiger partial charge in [0.05, 0.1) is 39.0 Å². The maximum Gasteiger partial charge on any atom is 0.310 e. The zero-order valence-electron chi connectivity index (χ0n) is 19.8. The highest BCUT2D eigenvalue weighted by atomic mass is 32.2. The Hall–Kier alpha value is -2.21. The first kappa shape index (κ1) is 22.7. The lowest BCUT2D eigenvalue weighted by molar-refractivity contribution is -0.178. The fourth-order valence-corrected chi connectivity index (χ4v) is 11.0. The van der Waals surface area contributed by atoms with Crippen LogP contribution in [0.5, 0.6) is 0 Å². The summed E-state index contributed by atoms with van der Waals surface area (Å²) in [5, 5.41) is -1.26. The van der Waals surface area contributed by atoms with Crippen molar-refractivity contribution in [1.29, 1.82) is 0 Å². The van der Waals surface area contributed by atoms with Crippen molar-refractivity contribution in [3.63, 3.8) is 0 Å². The molecule has 8 aliphatic rings. The summed E-state index contributed by atoms with van der Waals surface area (Å²) in [4.78, 5) is 51.4. The molecule has 2 aliphatic heterocycles. The molecule has 15 unspecified atom stereocenters. The van der Waals surface area contributed by atoms with Crippen LogP contribution < -0.4 is 0 Å². The minimum absolute atomic E-state index is 0.00724. The molecule has 0 aromatic carbocycles. The molecule has 0 amide bonds. The summed E-state index contributed by atoms with van der Waals surface area (Å²) < 4.78 is 58.8. The first-order valence-electron chi connectivity index (χ1n) is 13.4. The predicted molar refractivity (Wildman–Crippen MR) is 116 cm³/mol. The molecule has 6 bridgehead atoms. The van der Waals surface area contributed by atoms with Crippen molar-refractivity contribution in [2.75, 3.05) is 0 Å². The van der Waals surface area contributed by atoms with Gasteiger partial charge in [-0.25, -0.2) is 8.42 Å². The van der Waals surface area contributed by atoms with Crippen LogP contribution in [0, 0.1) is 59.2 Å². The van der Waals surface area contributed by atoms with Crippen molar-refractivity contribution < 1.29 is 51.1 Å². The topological polar surface area (TPSA) is 162 Å². The number of hydrogen-bond acceptors (Lipinski definition) is 11. The first-order valence-corrected chi connectivity index (χ1v) is 14.8. The van der Waals surface area contributed by atoms with E-state index < -0.39 is 75.4 Å². The van der Waals surface area contributed by atoms with Gasteiger partial charge in [-0.1, -0.05) is 0 Å². The van der Waals surface area contributed by atoms with Gasteiger partial charge < -0.3 is 23.5 Å². The molecule has 37 heavy (non-hydrogen) atoms. The van der Waals surface area contributed by atoms with Crippen molar-refractivity contribution in [1.82, 2.24) is 0 Å². The van der Waals surface area contributed by atoms with Gasteiger partial charge in [0, 0.05) is 23.7 Å². The zero-order chi connectivity index (χ0) is 25.5. The standard InChI is InChI=1S/C25H28O11S/c26-22-12-4-8-2-10(12)20(35-22)18(8)33-24(28)16-7-1-14(15(6-7)37(30,31)32)17(16)25(29)34-19-9-3-11-13(5-9)23(27)36-21(11)19/h7-21H,1-6H2,(H,30,31,32)/p-1. The highest BCUT2D eigenvalue weighted by Gasteiger charge is 2.67. The van der Waals surface area contributed by atoms with Crippen molar-refractivity contribution >= 4 is 34.0 Å². The number of fused-ring (bicyclic) bond motifs is 4. The normalized spacial score (nSPS) is 53.6. The molecule has 0 aromatic heterocycles. The minimum Gasteiger partial charge on any atom is -0.748 e. The molecule has 2 heterocycles. The zero-order valence-corrected chi connectivity index (χ0v) is 20.6. The Labute approximate surface area is 212 Å². The molecule has 0 N–H and O–H groups in total. The Kier molecular flexibility index (Phi) is 4.46. The molecule has 8 fully saturated rings. The fraction of sp³-hybridized carbons (Fsp3) is 0.840. The second kappa shape index (κ2) is 7.25. The maximum atomic E-state index is 13.6. The van der Waals surface area contributed by atoms with Crippen LogP contribution in [0.15, 0.2) is 0 Å². The van der Waals surface area contributed by atoms with Crippen LogP contribution >= 0.6 is 0 Å². The summed E-state index contributed by atoms with van der Waals surface area (Å²) in [6, 6.07) is 0. The number of carbonyl (C=O) groups excluding carboxylic acids is 4. The average molecular weight is 536 g/mol. The van der Waals surface area contributed by atoms with Crippen molar-refractivity contribution in [2.45, 2.75) is 68.2 Å². The van der Waals surface area contributed by atoms with E-state index >= 15 is 0 Å². The summed E-state index contributed by atoms with van der Waals surface area (Å²) in [6.07, 6.45) is 0.750. The van der Waals surface area contributed by atoms with Crippen LogP contribution in [0.2, 0.25) is 0 Å². The van der Waals surface area contributed by atoms with Gasteiger partial charge in [-0.3, -0.25) is 19.2 Å². The van der Waals surface area contributed by atoms with E-state index in [4.69, 9.17) is 18.9 Å². The molecule has 200 valence electrons. The second-order valence-electron chi connectivity index (χ2n) is 12.6. The molecule has 8 rings (SSSR count). The lowest BCUT2D eigenvalue weighted by atomic mass is 9.78. The number of carbonyl (C=O) groups is 4. The summed E-state index contributed by atoms with van der Waals surface area (Å²) in [6.45, 7) is 0. The third-order valence-electron chi connectivity index (χ3n) is 11.2. The van der Waals surface area contributed by atoms with Gasteiger partial charge in [-0.2, -0.15) is 0 Å². The number of ether oxygens (including phenoxy) is 4. The molecule has 11 nitrogen and oxygen atoms in total. The third-order valence-corrected chi connectivity index (χ3v) is 12.5. The predicted octanol–water partition coefficient (Wildman–Crippen LogP) is 0.159. The van der Waals surface area contributed by atoms with E-state index in [1.165, 1.54) is 0 Å². The molecule has 15 atom stereocenters. The van der Waals surface area contributed by atoms with Crippen LogP contribution in [-0.4, -0.2) is 66.5 Å². The second-order valence-corrected chi connectivity index (χ2v) is 14.2. The van der Waals surface area contributed by atoms with Gasteiger partial charge >= 0.3 is 23.9 Å². The van der Waals surface area contributed by atoms with Crippen LogP contribution in [0.25, 0.3) is 0 Å². The largest absolute Gasteiger partial charge is 0.748 e. The van der Waals surface area contributed by atoms with Gasteiger partial charge in [0.15, 0.2) is 0 Å². The van der Waals surface area contributed by atoms with E-state index in [0.29, 0.717) is 12.8 Å². The van der Waals surface area contributed by atoms with Crippen LogP contribution in [-0.2, 0) is 48.2 Å². The Morgan fingerprint density at radius 1 is 0.703 bits per heavy atom. The highest BCUT2D eigenvalue weighted by Crippen LogP contribution is 2.59. The van der Waals surface area contributed by atoms with E-state index in [1.54, 1.807) is 0 Å². The summed E-state index contributed by atoms with van der Waals surface area (Å²) in [5.74, 6) is -5.45. The quantitative estimate of drug-likeness (QED) is 0.268. The van der Waals surface area contributed by atoms with Gasteiger partial charge in [-0.05, 0) is 50.4 Å². The first-order chi connectivity index (χ1) is 17.6. The molecular weight excluding hydrogens is 508 g/mol. The maximum absolute atomic E-state index is 13.6. The summed E-state index contributed by atoms with van der Waals surface area (Å²) in [7, 11) is -4.68. The summed E-state index contributed by atoms with van der Waals surface area (Å²) in [5.41, 5.74) is 0. The third kappa shape index (κ3) is 2.94. The number of hydrogen-bond donors (Lipinski definition) is 0. The molecule has 6 aliphatic carbocycles. The summed E-state index contributed by atoms with van der Waals surface area (Å²) >= 11 is 0. The number of rotatable bonds is 5. The van der Waals surface area contributed by atoms with Crippen molar-refractivity contribution in [3.05, 3.63) is 0 Å². The van der Waals surface area contributed by atoms with Crippen LogP contribution in [0.3, 0.4) is 0 Å². The Morgan fingerprint density at radius 2 is 1.19 bits per heavy atom. The Morgan fingerprint density at radius 3 is 1.70 bits per heavy atom. The molecular formula is C25H27O11S-. The molecule has 6 saturated carbocycles. The highest BCUT2D eigenvalue weighted by molar-refractivity contribution is 7.86. The van der Waals surface area contributed by atoms with Gasteiger partial charge in [-0.15, -0.1) is 0 Å². The van der Waals surface area contributed by atoms with Crippen LogP contribution in [0.1, 0.15) is 38.5 Å². The minimum atomic E-state index is -4.68. The Bertz CT molecular complexity index is 1230.